The summed E-state index contributed by atoms with van der Waals surface area (Å²) in [5.41, 5.74) is 9.09. The van der Waals surface area contributed by atoms with Gasteiger partial charge in [0.05, 0.1) is 22.9 Å². The fourth-order valence-electron chi connectivity index (χ4n) is 5.81. The lowest BCUT2D eigenvalue weighted by molar-refractivity contribution is 0.661. The van der Waals surface area contributed by atoms with Gasteiger partial charge in [-0.25, -0.2) is 0 Å². The van der Waals surface area contributed by atoms with Crippen LogP contribution in [0.2, 0.25) is 0 Å². The van der Waals surface area contributed by atoms with Crippen LogP contribution in [-0.4, -0.2) is 9.55 Å². The summed E-state index contributed by atoms with van der Waals surface area (Å²) in [4.78, 5) is 4.45. The van der Waals surface area contributed by atoms with E-state index in [1.54, 1.807) is 0 Å². The van der Waals surface area contributed by atoms with Gasteiger partial charge in [-0.1, -0.05) is 80.6 Å². The third-order valence-electron chi connectivity index (χ3n) is 7.26. The first-order valence-electron chi connectivity index (χ1n) is 11.2. The van der Waals surface area contributed by atoms with E-state index in [0.29, 0.717) is 0 Å². The zero-order valence-corrected chi connectivity index (χ0v) is 18.1. The summed E-state index contributed by atoms with van der Waals surface area (Å²) in [6, 6.07) is 31.0. The zero-order valence-electron chi connectivity index (χ0n) is 18.1. The van der Waals surface area contributed by atoms with Crippen LogP contribution in [0.15, 0.2) is 97.3 Å². The smallest absolute Gasteiger partial charge is 0.0645 e. The van der Waals surface area contributed by atoms with Gasteiger partial charge in [-0.3, -0.25) is 4.98 Å². The minimum atomic E-state index is -0.0204. The first-order valence-corrected chi connectivity index (χ1v) is 11.2. The molecule has 0 unspecified atom stereocenters. The van der Waals surface area contributed by atoms with Crippen molar-refractivity contribution in [2.24, 2.45) is 0 Å². The molecule has 4 aromatic carbocycles. The highest BCUT2D eigenvalue weighted by Gasteiger charge is 2.36. The predicted octanol–water partition coefficient (Wildman–Crippen LogP) is 7.64. The van der Waals surface area contributed by atoms with E-state index in [4.69, 9.17) is 0 Å². The van der Waals surface area contributed by atoms with Gasteiger partial charge in [-0.05, 0) is 45.8 Å². The average molecular weight is 411 g/mol. The van der Waals surface area contributed by atoms with E-state index in [1.165, 1.54) is 54.8 Å². The second-order valence-corrected chi connectivity index (χ2v) is 9.28. The van der Waals surface area contributed by atoms with Crippen molar-refractivity contribution in [3.8, 4) is 16.8 Å². The van der Waals surface area contributed by atoms with E-state index in [1.807, 2.05) is 18.5 Å². The lowest BCUT2D eigenvalue weighted by atomic mass is 9.82. The second-order valence-electron chi connectivity index (χ2n) is 9.28. The summed E-state index contributed by atoms with van der Waals surface area (Å²) >= 11 is 0. The lowest BCUT2D eigenvalue weighted by Crippen LogP contribution is -2.14. The number of hydrogen-bond acceptors (Lipinski definition) is 1. The zero-order chi connectivity index (χ0) is 21.4. The largest absolute Gasteiger partial charge is 0.307 e. The van der Waals surface area contributed by atoms with Gasteiger partial charge in [0.1, 0.15) is 0 Å². The molecule has 2 heterocycles. The Bertz CT molecular complexity index is 1690. The van der Waals surface area contributed by atoms with E-state index in [9.17, 15) is 0 Å². The van der Waals surface area contributed by atoms with Gasteiger partial charge in [-0.2, -0.15) is 0 Å². The summed E-state index contributed by atoms with van der Waals surface area (Å²) in [7, 11) is 0. The van der Waals surface area contributed by atoms with Crippen molar-refractivity contribution in [3.05, 3.63) is 108 Å². The van der Waals surface area contributed by atoms with Crippen molar-refractivity contribution in [2.45, 2.75) is 19.3 Å². The number of aromatic nitrogens is 2. The number of para-hydroxylation sites is 1. The fraction of sp³-hybridized carbons (Fsp3) is 0.100. The topological polar surface area (TPSA) is 17.8 Å². The highest BCUT2D eigenvalue weighted by atomic mass is 15.0. The van der Waals surface area contributed by atoms with Gasteiger partial charge in [0.15, 0.2) is 0 Å². The lowest BCUT2D eigenvalue weighted by Gasteiger charge is -2.21. The van der Waals surface area contributed by atoms with Gasteiger partial charge in [-0.15, -0.1) is 0 Å². The minimum absolute atomic E-state index is 0.0204. The maximum atomic E-state index is 4.45. The van der Waals surface area contributed by atoms with E-state index in [0.717, 1.165) is 5.69 Å². The van der Waals surface area contributed by atoms with Crippen LogP contribution in [0.1, 0.15) is 25.0 Å². The maximum absolute atomic E-state index is 4.45. The molecule has 0 aliphatic heterocycles. The fourth-order valence-corrected chi connectivity index (χ4v) is 5.81. The molecule has 0 spiro atoms. The van der Waals surface area contributed by atoms with Crippen molar-refractivity contribution in [1.82, 2.24) is 9.55 Å². The normalized spacial score (nSPS) is 14.2. The molecule has 0 bridgehead atoms. The highest BCUT2D eigenvalue weighted by Crippen LogP contribution is 2.53. The molecular formula is C30H22N2. The average Bonchev–Trinajstić information content (AvgIpc) is 3.29. The first kappa shape index (κ1) is 17.7. The van der Waals surface area contributed by atoms with E-state index >= 15 is 0 Å². The molecule has 0 fully saturated rings. The number of rotatable bonds is 1. The van der Waals surface area contributed by atoms with E-state index < -0.39 is 0 Å². The summed E-state index contributed by atoms with van der Waals surface area (Å²) in [5, 5.41) is 5.17. The van der Waals surface area contributed by atoms with Crippen LogP contribution in [0, 0.1) is 0 Å². The molecule has 152 valence electrons. The van der Waals surface area contributed by atoms with Crippen molar-refractivity contribution >= 4 is 32.6 Å². The Morgan fingerprint density at radius 2 is 1.53 bits per heavy atom. The first-order chi connectivity index (χ1) is 15.7. The third-order valence-corrected chi connectivity index (χ3v) is 7.26. The summed E-state index contributed by atoms with van der Waals surface area (Å²) in [6.07, 6.45) is 3.80. The molecule has 1 aliphatic carbocycles. The summed E-state index contributed by atoms with van der Waals surface area (Å²) in [5.74, 6) is 0. The number of pyridine rings is 1. The standard InChI is InChI=1S/C30H22N2/c1-30(2)24-11-5-3-10-23(24)28-25(30)16-14-19-13-15-22-21-9-4-6-12-26(21)32(29(22)27(19)28)20-8-7-17-31-18-20/h3-18H,1-2H3. The molecule has 7 rings (SSSR count). The van der Waals surface area contributed by atoms with Crippen LogP contribution in [0.3, 0.4) is 0 Å². The molecule has 0 saturated carbocycles. The van der Waals surface area contributed by atoms with Crippen LogP contribution < -0.4 is 0 Å². The molecule has 0 amide bonds. The molecular weight excluding hydrogens is 388 g/mol. The molecule has 32 heavy (non-hydrogen) atoms. The van der Waals surface area contributed by atoms with Crippen LogP contribution in [0.4, 0.5) is 0 Å². The third kappa shape index (κ3) is 2.12. The second kappa shape index (κ2) is 6.08. The Morgan fingerprint density at radius 3 is 2.41 bits per heavy atom. The van der Waals surface area contributed by atoms with Gasteiger partial charge >= 0.3 is 0 Å². The predicted molar refractivity (Wildman–Crippen MR) is 134 cm³/mol. The number of nitrogens with zero attached hydrogens (tertiary/aromatic N) is 2. The molecule has 6 aromatic rings. The van der Waals surface area contributed by atoms with Crippen LogP contribution in [0.25, 0.3) is 49.4 Å². The van der Waals surface area contributed by atoms with Crippen molar-refractivity contribution < 1.29 is 0 Å². The van der Waals surface area contributed by atoms with Gasteiger partial charge in [0.2, 0.25) is 0 Å². The molecule has 0 N–H and O–H groups in total. The highest BCUT2D eigenvalue weighted by molar-refractivity contribution is 6.23. The van der Waals surface area contributed by atoms with Crippen molar-refractivity contribution in [2.75, 3.05) is 0 Å². The Balaban J connectivity index is 1.78. The summed E-state index contributed by atoms with van der Waals surface area (Å²) < 4.78 is 2.40. The molecule has 0 atom stereocenters. The molecule has 2 heteroatoms. The van der Waals surface area contributed by atoms with Crippen molar-refractivity contribution in [1.29, 1.82) is 0 Å². The number of fused-ring (bicyclic) bond motifs is 9. The maximum Gasteiger partial charge on any atom is 0.0645 e. The van der Waals surface area contributed by atoms with Crippen LogP contribution >= 0.6 is 0 Å². The number of benzene rings is 4. The van der Waals surface area contributed by atoms with E-state index in [2.05, 4.69) is 102 Å². The molecule has 2 nitrogen and oxygen atoms in total. The molecule has 2 aromatic heterocycles. The molecule has 0 radical (unpaired) electrons. The monoisotopic (exact) mass is 410 g/mol. The Morgan fingerprint density at radius 1 is 0.719 bits per heavy atom. The van der Waals surface area contributed by atoms with Crippen LogP contribution in [0.5, 0.6) is 0 Å². The van der Waals surface area contributed by atoms with Crippen molar-refractivity contribution in [3.63, 3.8) is 0 Å². The van der Waals surface area contributed by atoms with Gasteiger partial charge in [0, 0.05) is 27.8 Å². The molecule has 1 aliphatic rings. The Hall–Kier alpha value is -3.91. The summed E-state index contributed by atoms with van der Waals surface area (Å²) in [6.45, 7) is 4.70. The Kier molecular flexibility index (Phi) is 3.37. The Labute approximate surface area is 186 Å². The minimum Gasteiger partial charge on any atom is -0.307 e. The molecule has 0 saturated heterocycles. The van der Waals surface area contributed by atoms with Gasteiger partial charge in [0.25, 0.3) is 0 Å². The van der Waals surface area contributed by atoms with Crippen LogP contribution in [-0.2, 0) is 5.41 Å². The SMILES string of the molecule is CC1(C)c2ccccc2-c2c1ccc1ccc3c4ccccc4n(-c4cccnc4)c3c21. The number of hydrogen-bond donors (Lipinski definition) is 0. The van der Waals surface area contributed by atoms with Gasteiger partial charge < -0.3 is 4.57 Å². The quantitative estimate of drug-likeness (QED) is 0.272. The van der Waals surface area contributed by atoms with E-state index in [-0.39, 0.29) is 5.41 Å².